The summed E-state index contributed by atoms with van der Waals surface area (Å²) in [4.78, 5) is 0. The van der Waals surface area contributed by atoms with Gasteiger partial charge < -0.3 is 23.3 Å². The molecule has 0 radical (unpaired) electrons. The Morgan fingerprint density at radius 3 is 2.93 bits per heavy atom. The molecule has 0 aromatic carbocycles. The van der Waals surface area contributed by atoms with Gasteiger partial charge in [0.15, 0.2) is 21.1 Å². The predicted octanol–water partition coefficient (Wildman–Crippen LogP) is 0.787. The molecule has 5 nitrogen and oxygen atoms in total. The van der Waals surface area contributed by atoms with E-state index in [4.69, 9.17) is 23.3 Å². The smallest absolute Gasteiger partial charge is 0.190 e. The van der Waals surface area contributed by atoms with Crippen LogP contribution >= 0.6 is 9.03 Å². The normalized spacial score (nSPS) is 51.9. The number of hydrogen-bond donors (Lipinski definition) is 0. The van der Waals surface area contributed by atoms with E-state index in [1.165, 1.54) is 0 Å². The van der Waals surface area contributed by atoms with Crippen LogP contribution in [-0.4, -0.2) is 37.0 Å². The van der Waals surface area contributed by atoms with E-state index >= 15 is 0 Å². The second kappa shape index (κ2) is 3.11. The third-order valence-corrected chi connectivity index (χ3v) is 3.23. The Morgan fingerprint density at radius 1 is 1.21 bits per heavy atom. The molecule has 3 heterocycles. The van der Waals surface area contributed by atoms with Crippen molar-refractivity contribution in [2.45, 2.75) is 44.2 Å². The molecule has 5 atom stereocenters. The van der Waals surface area contributed by atoms with Gasteiger partial charge in [-0.3, -0.25) is 0 Å². The van der Waals surface area contributed by atoms with Crippen LogP contribution in [0.1, 0.15) is 13.8 Å². The fraction of sp³-hybridized carbons (Fsp3) is 1.00. The van der Waals surface area contributed by atoms with E-state index in [0.717, 1.165) is 0 Å². The molecular weight excluding hydrogens is 207 g/mol. The first-order valence-electron chi connectivity index (χ1n) is 4.69. The van der Waals surface area contributed by atoms with Crippen LogP contribution in [0.3, 0.4) is 0 Å². The Kier molecular flexibility index (Phi) is 2.10. The van der Waals surface area contributed by atoms with E-state index in [0.29, 0.717) is 6.61 Å². The molecule has 0 saturated carbocycles. The molecule has 80 valence electrons. The second-order valence-corrected chi connectivity index (χ2v) is 4.81. The van der Waals surface area contributed by atoms with Gasteiger partial charge in [0.2, 0.25) is 0 Å². The van der Waals surface area contributed by atoms with Crippen LogP contribution in [0.25, 0.3) is 0 Å². The van der Waals surface area contributed by atoms with Gasteiger partial charge in [0.1, 0.15) is 18.3 Å². The summed E-state index contributed by atoms with van der Waals surface area (Å²) < 4.78 is 27.6. The molecule has 0 amide bonds. The summed E-state index contributed by atoms with van der Waals surface area (Å²) in [6.45, 7) is 4.33. The Bertz CT molecular complexity index is 246. The van der Waals surface area contributed by atoms with Gasteiger partial charge in [0, 0.05) is 0 Å². The van der Waals surface area contributed by atoms with E-state index in [9.17, 15) is 0 Å². The molecule has 14 heavy (non-hydrogen) atoms. The summed E-state index contributed by atoms with van der Waals surface area (Å²) in [6.07, 6.45) is -0.478. The number of hydrogen-bond acceptors (Lipinski definition) is 5. The van der Waals surface area contributed by atoms with Gasteiger partial charge >= 0.3 is 0 Å². The van der Waals surface area contributed by atoms with E-state index < -0.39 is 5.79 Å². The van der Waals surface area contributed by atoms with Gasteiger partial charge in [-0.15, -0.1) is 0 Å². The lowest BCUT2D eigenvalue weighted by atomic mass is 10.1. The molecule has 0 aliphatic carbocycles. The van der Waals surface area contributed by atoms with Crippen LogP contribution in [0.2, 0.25) is 0 Å². The maximum atomic E-state index is 5.72. The van der Waals surface area contributed by atoms with Crippen molar-refractivity contribution in [3.8, 4) is 0 Å². The standard InChI is InChI=1S/C8H13O5P/c1-8(2)11-6-5-4(3-9-14-13-5)10-7(6)12-8/h4-7,14H,3H2,1-2H3. The van der Waals surface area contributed by atoms with Crippen LogP contribution in [0.4, 0.5) is 0 Å². The van der Waals surface area contributed by atoms with Crippen LogP contribution in [0, 0.1) is 0 Å². The zero-order chi connectivity index (χ0) is 9.76. The van der Waals surface area contributed by atoms with E-state index in [2.05, 4.69) is 0 Å². The SMILES string of the molecule is CC1(C)OC2OC3COPOC3C2O1. The zero-order valence-electron chi connectivity index (χ0n) is 8.06. The summed E-state index contributed by atoms with van der Waals surface area (Å²) in [6, 6.07) is 0. The summed E-state index contributed by atoms with van der Waals surface area (Å²) in [5.74, 6) is -0.564. The van der Waals surface area contributed by atoms with Crippen LogP contribution < -0.4 is 0 Å². The first-order valence-corrected chi connectivity index (χ1v) is 5.51. The van der Waals surface area contributed by atoms with Crippen LogP contribution in [0.15, 0.2) is 0 Å². The lowest BCUT2D eigenvalue weighted by Crippen LogP contribution is -2.39. The van der Waals surface area contributed by atoms with Gasteiger partial charge in [0.05, 0.1) is 6.61 Å². The molecule has 3 saturated heterocycles. The Labute approximate surface area is 83.9 Å². The maximum absolute atomic E-state index is 5.72. The molecule has 0 N–H and O–H groups in total. The molecule has 0 spiro atoms. The van der Waals surface area contributed by atoms with Crippen molar-refractivity contribution < 1.29 is 23.3 Å². The topological polar surface area (TPSA) is 46.2 Å². The zero-order valence-corrected chi connectivity index (χ0v) is 9.06. The molecular formula is C8H13O5P. The lowest BCUT2D eigenvalue weighted by molar-refractivity contribution is -0.218. The number of ether oxygens (including phenoxy) is 3. The highest BCUT2D eigenvalue weighted by atomic mass is 31.1. The average molecular weight is 220 g/mol. The lowest BCUT2D eigenvalue weighted by Gasteiger charge is -2.28. The highest BCUT2D eigenvalue weighted by Gasteiger charge is 2.56. The fourth-order valence-electron chi connectivity index (χ4n) is 2.03. The van der Waals surface area contributed by atoms with Gasteiger partial charge in [-0.25, -0.2) is 0 Å². The highest BCUT2D eigenvalue weighted by Crippen LogP contribution is 2.43. The van der Waals surface area contributed by atoms with Gasteiger partial charge in [-0.1, -0.05) is 0 Å². The van der Waals surface area contributed by atoms with E-state index in [-0.39, 0.29) is 33.6 Å². The minimum absolute atomic E-state index is 0.0335. The first kappa shape index (κ1) is 9.46. The maximum Gasteiger partial charge on any atom is 0.190 e. The van der Waals surface area contributed by atoms with Gasteiger partial charge in [0.25, 0.3) is 0 Å². The van der Waals surface area contributed by atoms with Crippen molar-refractivity contribution in [2.75, 3.05) is 6.61 Å². The average Bonchev–Trinajstić information content (AvgIpc) is 2.56. The van der Waals surface area contributed by atoms with Crippen molar-refractivity contribution in [3.05, 3.63) is 0 Å². The third-order valence-electron chi connectivity index (χ3n) is 2.58. The van der Waals surface area contributed by atoms with Crippen molar-refractivity contribution in [1.82, 2.24) is 0 Å². The molecule has 0 aromatic heterocycles. The molecule has 0 bridgehead atoms. The summed E-state index contributed by atoms with van der Waals surface area (Å²) >= 11 is 0. The van der Waals surface area contributed by atoms with Gasteiger partial charge in [-0.05, 0) is 13.8 Å². The number of fused-ring (bicyclic) bond motifs is 3. The van der Waals surface area contributed by atoms with E-state index in [1.54, 1.807) is 0 Å². The third kappa shape index (κ3) is 1.40. The molecule has 3 aliphatic heterocycles. The number of rotatable bonds is 0. The van der Waals surface area contributed by atoms with E-state index in [1.807, 2.05) is 13.8 Å². The molecule has 6 heteroatoms. The van der Waals surface area contributed by atoms with Crippen LogP contribution in [-0.2, 0) is 23.3 Å². The fourth-order valence-corrected chi connectivity index (χ4v) is 2.73. The Balaban J connectivity index is 1.78. The van der Waals surface area contributed by atoms with Crippen molar-refractivity contribution in [1.29, 1.82) is 0 Å². The minimum Gasteiger partial charge on any atom is -0.341 e. The quantitative estimate of drug-likeness (QED) is 0.565. The summed E-state index contributed by atoms with van der Waals surface area (Å²) in [7, 11) is 0.0877. The summed E-state index contributed by atoms with van der Waals surface area (Å²) in [5, 5.41) is 0. The van der Waals surface area contributed by atoms with Crippen LogP contribution in [0.5, 0.6) is 0 Å². The van der Waals surface area contributed by atoms with Gasteiger partial charge in [-0.2, -0.15) is 0 Å². The Morgan fingerprint density at radius 2 is 2.07 bits per heavy atom. The molecule has 3 fully saturated rings. The van der Waals surface area contributed by atoms with Crippen molar-refractivity contribution in [2.24, 2.45) is 0 Å². The predicted molar refractivity (Wildman–Crippen MR) is 47.8 cm³/mol. The largest absolute Gasteiger partial charge is 0.341 e. The second-order valence-electron chi connectivity index (χ2n) is 4.12. The monoisotopic (exact) mass is 220 g/mol. The molecule has 5 unspecified atom stereocenters. The van der Waals surface area contributed by atoms with Crippen molar-refractivity contribution >= 4 is 9.03 Å². The molecule has 3 aliphatic rings. The minimum atomic E-state index is -0.564. The molecule has 3 rings (SSSR count). The highest BCUT2D eigenvalue weighted by molar-refractivity contribution is 7.26. The molecule has 0 aromatic rings. The Hall–Kier alpha value is 0.230. The van der Waals surface area contributed by atoms with Crippen molar-refractivity contribution in [3.63, 3.8) is 0 Å². The summed E-state index contributed by atoms with van der Waals surface area (Å²) in [5.41, 5.74) is 0. The first-order chi connectivity index (χ1) is 6.66.